The number of para-hydroxylation sites is 2. The summed E-state index contributed by atoms with van der Waals surface area (Å²) in [6, 6.07) is 8.09. The van der Waals surface area contributed by atoms with Crippen LogP contribution in [0.5, 0.6) is 0 Å². The van der Waals surface area contributed by atoms with E-state index in [1.165, 1.54) is 5.52 Å². The molecule has 2 heteroatoms. The van der Waals surface area contributed by atoms with Crippen LogP contribution in [0.2, 0.25) is 0 Å². The average molecular weight is 149 g/mol. The SMILES string of the molecule is CCCn1oc2ccccc21. The van der Waals surface area contributed by atoms with Crippen LogP contribution in [-0.2, 0) is 6.54 Å². The molecule has 0 fully saturated rings. The fourth-order valence-corrected chi connectivity index (χ4v) is 1.24. The molecule has 11 heavy (non-hydrogen) atoms. The van der Waals surface area contributed by atoms with Crippen LogP contribution in [0.1, 0.15) is 13.3 Å². The highest BCUT2D eigenvalue weighted by Crippen LogP contribution is 2.17. The Morgan fingerprint density at radius 1 is 1.36 bits per heavy atom. The van der Waals surface area contributed by atoms with Gasteiger partial charge in [-0.25, -0.2) is 4.74 Å². The van der Waals surface area contributed by atoms with Crippen molar-refractivity contribution in [3.63, 3.8) is 0 Å². The van der Waals surface area contributed by atoms with Crippen molar-refractivity contribution in [1.82, 2.24) is 4.74 Å². The molecule has 0 amide bonds. The molecule has 0 bridgehead atoms. The highest BCUT2D eigenvalue weighted by atomic mass is 16.5. The molecule has 0 saturated carbocycles. The molecular formula is C9H11NO. The van der Waals surface area contributed by atoms with Crippen LogP contribution in [-0.4, -0.2) is 4.74 Å². The summed E-state index contributed by atoms with van der Waals surface area (Å²) in [5.74, 6) is 0. The van der Waals surface area contributed by atoms with Crippen LogP contribution in [0.15, 0.2) is 28.8 Å². The van der Waals surface area contributed by atoms with Gasteiger partial charge in [0.2, 0.25) is 0 Å². The molecule has 0 unspecified atom stereocenters. The number of benzene rings is 1. The molecule has 2 nitrogen and oxygen atoms in total. The first kappa shape index (κ1) is 6.53. The van der Waals surface area contributed by atoms with Gasteiger partial charge in [-0.1, -0.05) is 19.1 Å². The molecule has 0 radical (unpaired) electrons. The highest BCUT2D eigenvalue weighted by Gasteiger charge is 2.04. The second-order valence-corrected chi connectivity index (χ2v) is 2.66. The Bertz CT molecular complexity index is 345. The van der Waals surface area contributed by atoms with Crippen LogP contribution in [0.4, 0.5) is 0 Å². The number of nitrogens with zero attached hydrogens (tertiary/aromatic N) is 1. The van der Waals surface area contributed by atoms with E-state index < -0.39 is 0 Å². The predicted octanol–water partition coefficient (Wildman–Crippen LogP) is 2.64. The Morgan fingerprint density at radius 2 is 2.18 bits per heavy atom. The first-order chi connectivity index (χ1) is 5.42. The minimum atomic E-state index is 0.983. The fraction of sp³-hybridized carbons (Fsp3) is 0.333. The lowest BCUT2D eigenvalue weighted by Gasteiger charge is -2.11. The van der Waals surface area contributed by atoms with E-state index in [2.05, 4.69) is 13.0 Å². The molecule has 0 aliphatic rings. The lowest BCUT2D eigenvalue weighted by molar-refractivity contribution is 0.266. The smallest absolute Gasteiger partial charge is 0.181 e. The lowest BCUT2D eigenvalue weighted by Crippen LogP contribution is -2.02. The maximum atomic E-state index is 5.36. The first-order valence-electron chi connectivity index (χ1n) is 3.96. The molecule has 1 aromatic carbocycles. The van der Waals surface area contributed by atoms with Crippen molar-refractivity contribution < 1.29 is 4.52 Å². The molecule has 0 spiro atoms. The summed E-state index contributed by atoms with van der Waals surface area (Å²) in [7, 11) is 0. The van der Waals surface area contributed by atoms with Crippen LogP contribution in [0.25, 0.3) is 11.1 Å². The van der Waals surface area contributed by atoms with Crippen molar-refractivity contribution in [3.05, 3.63) is 24.3 Å². The number of hydrogen-bond acceptors (Lipinski definition) is 1. The summed E-state index contributed by atoms with van der Waals surface area (Å²) >= 11 is 0. The fourth-order valence-electron chi connectivity index (χ4n) is 1.24. The molecule has 58 valence electrons. The van der Waals surface area contributed by atoms with Crippen LogP contribution in [0.3, 0.4) is 0 Å². The standard InChI is InChI=1S/C9H11NO/c1-2-7-10-8-5-3-4-6-9(8)11-10/h3-6H,2,7H2,1H3. The summed E-state index contributed by atoms with van der Waals surface area (Å²) in [5, 5.41) is 0. The molecule has 2 rings (SSSR count). The summed E-state index contributed by atoms with van der Waals surface area (Å²) in [6.07, 6.45) is 1.12. The van der Waals surface area contributed by atoms with E-state index in [1.54, 1.807) is 0 Å². The van der Waals surface area contributed by atoms with Crippen molar-refractivity contribution in [1.29, 1.82) is 0 Å². The Hall–Kier alpha value is -1.18. The molecule has 0 aliphatic heterocycles. The van der Waals surface area contributed by atoms with Crippen molar-refractivity contribution in [2.24, 2.45) is 0 Å². The van der Waals surface area contributed by atoms with Crippen molar-refractivity contribution >= 4 is 11.1 Å². The summed E-state index contributed by atoms with van der Waals surface area (Å²) in [6.45, 7) is 3.13. The average Bonchev–Trinajstić information content (AvgIpc) is 2.01. The molecule has 1 heterocycles. The third-order valence-corrected chi connectivity index (χ3v) is 1.77. The summed E-state index contributed by atoms with van der Waals surface area (Å²) in [4.78, 5) is 0. The maximum Gasteiger partial charge on any atom is 0.181 e. The number of fused-ring (bicyclic) bond motifs is 1. The predicted molar refractivity (Wildman–Crippen MR) is 44.5 cm³/mol. The molecule has 0 aliphatic carbocycles. The summed E-state index contributed by atoms with van der Waals surface area (Å²) in [5.41, 5.74) is 2.22. The van der Waals surface area contributed by atoms with Crippen molar-refractivity contribution in [3.8, 4) is 0 Å². The minimum absolute atomic E-state index is 0.983. The third-order valence-electron chi connectivity index (χ3n) is 1.77. The lowest BCUT2D eigenvalue weighted by atomic mass is 10.3. The van der Waals surface area contributed by atoms with Gasteiger partial charge in [0, 0.05) is 0 Å². The molecule has 0 N–H and O–H groups in total. The number of aryl methyl sites for hydroxylation is 1. The Labute approximate surface area is 65.4 Å². The number of rotatable bonds is 2. The minimum Gasteiger partial charge on any atom is -0.377 e. The molecule has 0 saturated heterocycles. The van der Waals surface area contributed by atoms with E-state index in [0.29, 0.717) is 0 Å². The molecule has 0 atom stereocenters. The molecule has 1 aromatic heterocycles. The third kappa shape index (κ3) is 0.946. The van der Waals surface area contributed by atoms with Crippen LogP contribution in [0, 0.1) is 0 Å². The topological polar surface area (TPSA) is 18.1 Å². The van der Waals surface area contributed by atoms with E-state index in [0.717, 1.165) is 18.5 Å². The van der Waals surface area contributed by atoms with Gasteiger partial charge in [-0.05, 0) is 18.6 Å². The first-order valence-corrected chi connectivity index (χ1v) is 3.96. The van der Waals surface area contributed by atoms with Crippen molar-refractivity contribution in [2.45, 2.75) is 19.9 Å². The van der Waals surface area contributed by atoms with E-state index in [-0.39, 0.29) is 0 Å². The Morgan fingerprint density at radius 3 is 2.91 bits per heavy atom. The zero-order valence-corrected chi connectivity index (χ0v) is 6.58. The number of aromatic nitrogens is 1. The highest BCUT2D eigenvalue weighted by molar-refractivity contribution is 5.73. The Kier molecular flexibility index (Phi) is 1.46. The van der Waals surface area contributed by atoms with Gasteiger partial charge in [-0.3, -0.25) is 0 Å². The van der Waals surface area contributed by atoms with E-state index in [1.807, 2.05) is 22.9 Å². The van der Waals surface area contributed by atoms with Gasteiger partial charge in [-0.15, -0.1) is 0 Å². The van der Waals surface area contributed by atoms with Gasteiger partial charge in [0.15, 0.2) is 5.58 Å². The van der Waals surface area contributed by atoms with Gasteiger partial charge < -0.3 is 4.52 Å². The quantitative estimate of drug-likeness (QED) is 0.642. The van der Waals surface area contributed by atoms with Gasteiger partial charge in [0.05, 0.1) is 6.54 Å². The largest absolute Gasteiger partial charge is 0.377 e. The zero-order valence-electron chi connectivity index (χ0n) is 6.58. The van der Waals surface area contributed by atoms with Crippen LogP contribution < -0.4 is 0 Å². The molecule has 2 aromatic rings. The van der Waals surface area contributed by atoms with Gasteiger partial charge in [0.1, 0.15) is 5.52 Å². The monoisotopic (exact) mass is 149 g/mol. The molecular weight excluding hydrogens is 138 g/mol. The summed E-state index contributed by atoms with van der Waals surface area (Å²) < 4.78 is 7.28. The normalized spacial score (nSPS) is 11.0. The van der Waals surface area contributed by atoms with Crippen LogP contribution >= 0.6 is 0 Å². The Balaban J connectivity index is 2.38. The second-order valence-electron chi connectivity index (χ2n) is 2.66. The zero-order chi connectivity index (χ0) is 7.68. The van der Waals surface area contributed by atoms with E-state index >= 15 is 0 Å². The second kappa shape index (κ2) is 2.46. The van der Waals surface area contributed by atoms with E-state index in [9.17, 15) is 0 Å². The van der Waals surface area contributed by atoms with E-state index in [4.69, 9.17) is 4.52 Å². The number of hydrogen-bond donors (Lipinski definition) is 0. The van der Waals surface area contributed by atoms with Gasteiger partial charge >= 0.3 is 0 Å². The van der Waals surface area contributed by atoms with Crippen molar-refractivity contribution in [2.75, 3.05) is 0 Å². The van der Waals surface area contributed by atoms with Gasteiger partial charge in [-0.2, -0.15) is 0 Å². The van der Waals surface area contributed by atoms with Gasteiger partial charge in [0.25, 0.3) is 0 Å². The maximum absolute atomic E-state index is 5.36.